The fourth-order valence-electron chi connectivity index (χ4n) is 2.31. The molecule has 0 saturated carbocycles. The fraction of sp³-hybridized carbons (Fsp3) is 0.200. The summed E-state index contributed by atoms with van der Waals surface area (Å²) in [4.78, 5) is 23.7. The van der Waals surface area contributed by atoms with E-state index in [9.17, 15) is 9.59 Å². The molecular formula is C20H19Cl2NO3. The molecule has 0 atom stereocenters. The Morgan fingerprint density at radius 3 is 2.42 bits per heavy atom. The second-order valence-corrected chi connectivity index (χ2v) is 6.75. The van der Waals surface area contributed by atoms with E-state index in [-0.39, 0.29) is 0 Å². The number of ether oxygens (including phenoxy) is 1. The van der Waals surface area contributed by atoms with Crippen LogP contribution < -0.4 is 5.32 Å². The quantitative estimate of drug-likeness (QED) is 0.568. The molecule has 0 fully saturated rings. The van der Waals surface area contributed by atoms with Gasteiger partial charge in [0.15, 0.2) is 6.61 Å². The van der Waals surface area contributed by atoms with Gasteiger partial charge in [0.25, 0.3) is 5.91 Å². The van der Waals surface area contributed by atoms with E-state index in [0.29, 0.717) is 15.7 Å². The smallest absolute Gasteiger partial charge is 0.331 e. The molecule has 1 amide bonds. The van der Waals surface area contributed by atoms with Gasteiger partial charge in [-0.3, -0.25) is 4.79 Å². The molecular weight excluding hydrogens is 373 g/mol. The Kier molecular flexibility index (Phi) is 6.83. The Bertz CT molecular complexity index is 852. The molecule has 0 aromatic heterocycles. The highest BCUT2D eigenvalue weighted by atomic mass is 35.5. The SMILES string of the molecule is Cc1cc(C)c(NC(=O)COC(=O)/C=C/c2ccc(C)c(Cl)c2)c(Cl)c1. The van der Waals surface area contributed by atoms with Gasteiger partial charge in [0.1, 0.15) is 0 Å². The molecule has 0 heterocycles. The molecule has 2 aromatic rings. The van der Waals surface area contributed by atoms with Crippen molar-refractivity contribution in [1.29, 1.82) is 0 Å². The Morgan fingerprint density at radius 1 is 1.04 bits per heavy atom. The van der Waals surface area contributed by atoms with Crippen LogP contribution in [0.1, 0.15) is 22.3 Å². The van der Waals surface area contributed by atoms with Crippen molar-refractivity contribution in [2.24, 2.45) is 0 Å². The third kappa shape index (κ3) is 5.61. The standard InChI is InChI=1S/C20H19Cl2NO3/c1-12-8-14(3)20(17(22)9-12)23-18(24)11-26-19(25)7-6-15-5-4-13(2)16(21)10-15/h4-10H,11H2,1-3H3,(H,23,24)/b7-6+. The first-order chi connectivity index (χ1) is 12.3. The number of anilines is 1. The number of rotatable bonds is 5. The number of carbonyl (C=O) groups is 2. The zero-order chi connectivity index (χ0) is 19.3. The van der Waals surface area contributed by atoms with Crippen molar-refractivity contribution in [2.75, 3.05) is 11.9 Å². The van der Waals surface area contributed by atoms with Crippen molar-refractivity contribution < 1.29 is 14.3 Å². The van der Waals surface area contributed by atoms with Crippen molar-refractivity contribution in [3.63, 3.8) is 0 Å². The molecule has 0 aliphatic rings. The second-order valence-electron chi connectivity index (χ2n) is 5.94. The summed E-state index contributed by atoms with van der Waals surface area (Å²) in [5.74, 6) is -1.08. The van der Waals surface area contributed by atoms with Crippen molar-refractivity contribution in [3.8, 4) is 0 Å². The number of carbonyl (C=O) groups excluding carboxylic acids is 2. The van der Waals surface area contributed by atoms with Crippen LogP contribution in [0.4, 0.5) is 5.69 Å². The van der Waals surface area contributed by atoms with Crippen molar-refractivity contribution in [3.05, 3.63) is 68.7 Å². The fourth-order valence-corrected chi connectivity index (χ4v) is 2.87. The highest BCUT2D eigenvalue weighted by Crippen LogP contribution is 2.27. The maximum Gasteiger partial charge on any atom is 0.331 e. The number of aryl methyl sites for hydroxylation is 3. The van der Waals surface area contributed by atoms with Gasteiger partial charge in [-0.15, -0.1) is 0 Å². The topological polar surface area (TPSA) is 55.4 Å². The van der Waals surface area contributed by atoms with Crippen molar-refractivity contribution in [1.82, 2.24) is 0 Å². The summed E-state index contributed by atoms with van der Waals surface area (Å²) in [6.45, 7) is 5.25. The van der Waals surface area contributed by atoms with E-state index < -0.39 is 18.5 Å². The number of nitrogens with one attached hydrogen (secondary N) is 1. The minimum absolute atomic E-state index is 0.401. The van der Waals surface area contributed by atoms with Crippen LogP contribution in [-0.2, 0) is 14.3 Å². The van der Waals surface area contributed by atoms with Crippen LogP contribution in [0.25, 0.3) is 6.08 Å². The number of hydrogen-bond donors (Lipinski definition) is 1. The van der Waals surface area contributed by atoms with Gasteiger partial charge in [0, 0.05) is 11.1 Å². The van der Waals surface area contributed by atoms with Gasteiger partial charge in [-0.25, -0.2) is 4.79 Å². The lowest BCUT2D eigenvalue weighted by Gasteiger charge is -2.11. The minimum atomic E-state index is -0.622. The van der Waals surface area contributed by atoms with E-state index in [1.165, 1.54) is 6.08 Å². The van der Waals surface area contributed by atoms with Gasteiger partial charge < -0.3 is 10.1 Å². The van der Waals surface area contributed by atoms with Crippen LogP contribution in [0.3, 0.4) is 0 Å². The Labute approximate surface area is 162 Å². The third-order valence-electron chi connectivity index (χ3n) is 3.65. The predicted octanol–water partition coefficient (Wildman–Crippen LogP) is 5.11. The van der Waals surface area contributed by atoms with Crippen LogP contribution in [0, 0.1) is 20.8 Å². The molecule has 26 heavy (non-hydrogen) atoms. The number of esters is 1. The number of amides is 1. The van der Waals surface area contributed by atoms with Gasteiger partial charge in [-0.1, -0.05) is 41.4 Å². The minimum Gasteiger partial charge on any atom is -0.452 e. The highest BCUT2D eigenvalue weighted by Gasteiger charge is 2.11. The molecule has 0 unspecified atom stereocenters. The summed E-state index contributed by atoms with van der Waals surface area (Å²) in [6.07, 6.45) is 2.82. The predicted molar refractivity (Wildman–Crippen MR) is 106 cm³/mol. The number of halogens is 2. The second kappa shape index (κ2) is 8.88. The molecule has 0 saturated heterocycles. The van der Waals surface area contributed by atoms with Crippen LogP contribution in [-0.4, -0.2) is 18.5 Å². The Hall–Kier alpha value is -2.30. The summed E-state index contributed by atoms with van der Waals surface area (Å²) >= 11 is 12.2. The first-order valence-electron chi connectivity index (χ1n) is 7.94. The Balaban J connectivity index is 1.90. The summed E-state index contributed by atoms with van der Waals surface area (Å²) in [7, 11) is 0. The summed E-state index contributed by atoms with van der Waals surface area (Å²) in [5.41, 5.74) is 4.07. The average Bonchev–Trinajstić information content (AvgIpc) is 2.57. The van der Waals surface area contributed by atoms with Crippen LogP contribution in [0.15, 0.2) is 36.4 Å². The third-order valence-corrected chi connectivity index (χ3v) is 4.35. The molecule has 136 valence electrons. The average molecular weight is 392 g/mol. The van der Waals surface area contributed by atoms with Gasteiger partial charge in [-0.2, -0.15) is 0 Å². The lowest BCUT2D eigenvalue weighted by Crippen LogP contribution is -2.20. The van der Waals surface area contributed by atoms with Crippen molar-refractivity contribution in [2.45, 2.75) is 20.8 Å². The lowest BCUT2D eigenvalue weighted by atomic mass is 10.1. The van der Waals surface area contributed by atoms with E-state index in [2.05, 4.69) is 5.32 Å². The normalized spacial score (nSPS) is 10.8. The first kappa shape index (κ1) is 20.0. The Morgan fingerprint density at radius 2 is 1.77 bits per heavy atom. The zero-order valence-corrected chi connectivity index (χ0v) is 16.2. The van der Waals surface area contributed by atoms with E-state index in [4.69, 9.17) is 27.9 Å². The molecule has 2 aromatic carbocycles. The van der Waals surface area contributed by atoms with Crippen molar-refractivity contribution >= 4 is 46.8 Å². The molecule has 0 aliphatic heterocycles. The molecule has 0 bridgehead atoms. The summed E-state index contributed by atoms with van der Waals surface area (Å²) in [5, 5.41) is 3.72. The van der Waals surface area contributed by atoms with E-state index in [0.717, 1.165) is 22.3 Å². The molecule has 0 aliphatic carbocycles. The molecule has 0 radical (unpaired) electrons. The maximum absolute atomic E-state index is 12.0. The van der Waals surface area contributed by atoms with Gasteiger partial charge in [0.2, 0.25) is 0 Å². The maximum atomic E-state index is 12.0. The monoisotopic (exact) mass is 391 g/mol. The number of benzene rings is 2. The molecule has 2 rings (SSSR count). The van der Waals surface area contributed by atoms with E-state index in [1.807, 2.05) is 39.0 Å². The van der Waals surface area contributed by atoms with Crippen LogP contribution in [0.2, 0.25) is 10.0 Å². The molecule has 1 N–H and O–H groups in total. The highest BCUT2D eigenvalue weighted by molar-refractivity contribution is 6.34. The number of hydrogen-bond acceptors (Lipinski definition) is 3. The zero-order valence-electron chi connectivity index (χ0n) is 14.7. The van der Waals surface area contributed by atoms with Crippen LogP contribution in [0.5, 0.6) is 0 Å². The van der Waals surface area contributed by atoms with Gasteiger partial charge in [-0.05, 0) is 61.2 Å². The van der Waals surface area contributed by atoms with Gasteiger partial charge in [0.05, 0.1) is 10.7 Å². The first-order valence-corrected chi connectivity index (χ1v) is 8.69. The van der Waals surface area contributed by atoms with E-state index in [1.54, 1.807) is 18.2 Å². The largest absolute Gasteiger partial charge is 0.452 e. The van der Waals surface area contributed by atoms with Crippen LogP contribution >= 0.6 is 23.2 Å². The molecule has 0 spiro atoms. The molecule has 4 nitrogen and oxygen atoms in total. The molecule has 6 heteroatoms. The summed E-state index contributed by atoms with van der Waals surface area (Å²) < 4.78 is 4.94. The van der Waals surface area contributed by atoms with Gasteiger partial charge >= 0.3 is 5.97 Å². The summed E-state index contributed by atoms with van der Waals surface area (Å²) in [6, 6.07) is 9.10. The van der Waals surface area contributed by atoms with E-state index >= 15 is 0 Å². The lowest BCUT2D eigenvalue weighted by molar-refractivity contribution is -0.142.